The van der Waals surface area contributed by atoms with Crippen molar-refractivity contribution in [2.75, 3.05) is 44.7 Å². The average molecular weight is 536 g/mol. The highest BCUT2D eigenvalue weighted by molar-refractivity contribution is 5.98. The number of methoxy groups -OCH3 is 1. The maximum Gasteiger partial charge on any atom is 0.416 e. The molecule has 0 N–H and O–H groups in total. The lowest BCUT2D eigenvalue weighted by Gasteiger charge is -2.35. The quantitative estimate of drug-likeness (QED) is 0.439. The van der Waals surface area contributed by atoms with Gasteiger partial charge in [0.1, 0.15) is 5.75 Å². The molecule has 6 nitrogen and oxygen atoms in total. The Kier molecular flexibility index (Phi) is 7.32. The highest BCUT2D eigenvalue weighted by Gasteiger charge is 2.30. The molecule has 202 valence electrons. The molecule has 0 saturated carbocycles. The van der Waals surface area contributed by atoms with Gasteiger partial charge in [-0.2, -0.15) is 13.2 Å². The molecule has 0 aromatic heterocycles. The minimum absolute atomic E-state index is 0.0101. The number of anilines is 2. The molecular weight excluding hydrogens is 507 g/mol. The zero-order valence-electron chi connectivity index (χ0n) is 21.4. The fourth-order valence-corrected chi connectivity index (χ4v) is 4.95. The van der Waals surface area contributed by atoms with Gasteiger partial charge in [-0.15, -0.1) is 0 Å². The Morgan fingerprint density at radius 1 is 0.897 bits per heavy atom. The van der Waals surface area contributed by atoms with Crippen molar-refractivity contribution in [2.24, 2.45) is 0 Å². The van der Waals surface area contributed by atoms with Crippen molar-refractivity contribution in [3.8, 4) is 5.75 Å². The molecule has 2 amide bonds. The SMILES string of the molecule is COc1cc(N2CC=Cc3ccccc32)ccc1C(=O)N1CCN(C(=O)Cc2ccc(C(F)(F)F)cc2)CC1. The van der Waals surface area contributed by atoms with E-state index in [0.717, 1.165) is 29.1 Å². The minimum Gasteiger partial charge on any atom is -0.496 e. The highest BCUT2D eigenvalue weighted by Crippen LogP contribution is 2.35. The first-order valence-electron chi connectivity index (χ1n) is 12.7. The van der Waals surface area contributed by atoms with Crippen LogP contribution in [0.3, 0.4) is 0 Å². The Hall–Kier alpha value is -4.27. The van der Waals surface area contributed by atoms with Crippen molar-refractivity contribution < 1.29 is 27.5 Å². The lowest BCUT2D eigenvalue weighted by atomic mass is 10.1. The van der Waals surface area contributed by atoms with Gasteiger partial charge < -0.3 is 19.4 Å². The zero-order chi connectivity index (χ0) is 27.6. The summed E-state index contributed by atoms with van der Waals surface area (Å²) in [5.41, 5.74) is 3.34. The second-order valence-electron chi connectivity index (χ2n) is 9.50. The summed E-state index contributed by atoms with van der Waals surface area (Å²) in [5, 5.41) is 0. The predicted octanol–water partition coefficient (Wildman–Crippen LogP) is 5.41. The normalized spacial score (nSPS) is 15.2. The first-order chi connectivity index (χ1) is 18.7. The molecule has 0 radical (unpaired) electrons. The third-order valence-electron chi connectivity index (χ3n) is 7.10. The van der Waals surface area contributed by atoms with Crippen LogP contribution < -0.4 is 9.64 Å². The molecule has 0 atom stereocenters. The molecule has 3 aromatic rings. The molecule has 9 heteroatoms. The number of piperazine rings is 1. The molecule has 5 rings (SSSR count). The fraction of sp³-hybridized carbons (Fsp3) is 0.267. The lowest BCUT2D eigenvalue weighted by Crippen LogP contribution is -2.51. The van der Waals surface area contributed by atoms with Gasteiger partial charge >= 0.3 is 6.18 Å². The smallest absolute Gasteiger partial charge is 0.416 e. The van der Waals surface area contributed by atoms with Crippen molar-refractivity contribution in [3.63, 3.8) is 0 Å². The summed E-state index contributed by atoms with van der Waals surface area (Å²) in [4.78, 5) is 31.6. The Morgan fingerprint density at radius 3 is 2.28 bits per heavy atom. The third-order valence-corrected chi connectivity index (χ3v) is 7.10. The first-order valence-corrected chi connectivity index (χ1v) is 12.7. The van der Waals surface area contributed by atoms with Crippen molar-refractivity contribution in [1.82, 2.24) is 9.80 Å². The van der Waals surface area contributed by atoms with Crippen LogP contribution in [0, 0.1) is 0 Å². The first kappa shape index (κ1) is 26.3. The number of nitrogens with zero attached hydrogens (tertiary/aromatic N) is 3. The molecule has 3 aromatic carbocycles. The molecule has 1 saturated heterocycles. The van der Waals surface area contributed by atoms with Crippen LogP contribution >= 0.6 is 0 Å². The van der Waals surface area contributed by atoms with E-state index in [2.05, 4.69) is 29.2 Å². The van der Waals surface area contributed by atoms with Crippen LogP contribution in [-0.4, -0.2) is 61.4 Å². The Bertz CT molecular complexity index is 1390. The molecule has 2 aliphatic heterocycles. The van der Waals surface area contributed by atoms with Gasteiger partial charge in [-0.1, -0.05) is 42.5 Å². The van der Waals surface area contributed by atoms with Gasteiger partial charge in [0.25, 0.3) is 5.91 Å². The minimum atomic E-state index is -4.41. The van der Waals surface area contributed by atoms with Gasteiger partial charge in [0, 0.05) is 50.2 Å². The number of carbonyl (C=O) groups excluding carboxylic acids is 2. The van der Waals surface area contributed by atoms with E-state index >= 15 is 0 Å². The summed E-state index contributed by atoms with van der Waals surface area (Å²) in [7, 11) is 1.54. The van der Waals surface area contributed by atoms with Crippen LogP contribution in [0.1, 0.15) is 27.0 Å². The standard InChI is InChI=1S/C30H28F3N3O3/c1-39-27-20-24(36-14-4-6-22-5-2-3-7-26(22)36)12-13-25(27)29(38)35-17-15-34(16-18-35)28(37)19-21-8-10-23(11-9-21)30(31,32)33/h2-13,20H,14-19H2,1H3. The number of hydrogen-bond acceptors (Lipinski definition) is 4. The van der Waals surface area contributed by atoms with E-state index in [9.17, 15) is 22.8 Å². The Labute approximate surface area is 224 Å². The summed E-state index contributed by atoms with van der Waals surface area (Å²) >= 11 is 0. The summed E-state index contributed by atoms with van der Waals surface area (Å²) in [6, 6.07) is 18.3. The lowest BCUT2D eigenvalue weighted by molar-refractivity contribution is -0.137. The summed E-state index contributed by atoms with van der Waals surface area (Å²) in [6.07, 6.45) is -0.220. The van der Waals surface area contributed by atoms with Gasteiger partial charge in [-0.05, 0) is 41.5 Å². The summed E-state index contributed by atoms with van der Waals surface area (Å²) in [6.45, 7) is 2.11. The fourth-order valence-electron chi connectivity index (χ4n) is 4.95. The number of rotatable bonds is 5. The van der Waals surface area contributed by atoms with Crippen LogP contribution in [0.5, 0.6) is 5.75 Å². The molecule has 39 heavy (non-hydrogen) atoms. The van der Waals surface area contributed by atoms with Gasteiger partial charge in [-0.3, -0.25) is 9.59 Å². The van der Waals surface area contributed by atoms with E-state index in [0.29, 0.717) is 49.6 Å². The van der Waals surface area contributed by atoms with Crippen molar-refractivity contribution >= 4 is 29.3 Å². The number of para-hydroxylation sites is 1. The number of carbonyl (C=O) groups is 2. The summed E-state index contributed by atoms with van der Waals surface area (Å²) in [5.74, 6) is 0.122. The molecule has 2 heterocycles. The molecule has 2 aliphatic rings. The van der Waals surface area contributed by atoms with Gasteiger partial charge in [0.15, 0.2) is 0 Å². The third kappa shape index (κ3) is 5.62. The van der Waals surface area contributed by atoms with E-state index in [4.69, 9.17) is 4.74 Å². The monoisotopic (exact) mass is 535 g/mol. The Balaban J connectivity index is 1.22. The van der Waals surface area contributed by atoms with E-state index in [1.54, 1.807) is 15.9 Å². The predicted molar refractivity (Wildman–Crippen MR) is 143 cm³/mol. The van der Waals surface area contributed by atoms with E-state index in [-0.39, 0.29) is 18.2 Å². The Morgan fingerprint density at radius 2 is 1.59 bits per heavy atom. The number of hydrogen-bond donors (Lipinski definition) is 0. The second kappa shape index (κ2) is 10.8. The number of fused-ring (bicyclic) bond motifs is 1. The van der Waals surface area contributed by atoms with Crippen molar-refractivity contribution in [3.05, 3.63) is 95.1 Å². The number of halogens is 3. The molecule has 0 aliphatic carbocycles. The van der Waals surface area contributed by atoms with Crippen LogP contribution in [0.25, 0.3) is 6.08 Å². The van der Waals surface area contributed by atoms with Crippen molar-refractivity contribution in [2.45, 2.75) is 12.6 Å². The van der Waals surface area contributed by atoms with E-state index < -0.39 is 11.7 Å². The topological polar surface area (TPSA) is 53.1 Å². The van der Waals surface area contributed by atoms with E-state index in [1.807, 2.05) is 24.3 Å². The molecule has 1 fully saturated rings. The van der Waals surface area contributed by atoms with Crippen LogP contribution in [0.2, 0.25) is 0 Å². The number of alkyl halides is 3. The number of benzene rings is 3. The average Bonchev–Trinajstić information content (AvgIpc) is 2.96. The van der Waals surface area contributed by atoms with Gasteiger partial charge in [-0.25, -0.2) is 0 Å². The maximum atomic E-state index is 13.4. The largest absolute Gasteiger partial charge is 0.496 e. The number of ether oxygens (including phenoxy) is 1. The number of amides is 2. The van der Waals surface area contributed by atoms with Crippen LogP contribution in [0.4, 0.5) is 24.5 Å². The van der Waals surface area contributed by atoms with E-state index in [1.165, 1.54) is 19.2 Å². The molecule has 0 spiro atoms. The van der Waals surface area contributed by atoms with Gasteiger partial charge in [0.2, 0.25) is 5.91 Å². The highest BCUT2D eigenvalue weighted by atomic mass is 19.4. The molecular formula is C30H28F3N3O3. The van der Waals surface area contributed by atoms with Crippen LogP contribution in [0.15, 0.2) is 72.8 Å². The van der Waals surface area contributed by atoms with Gasteiger partial charge in [0.05, 0.1) is 24.7 Å². The van der Waals surface area contributed by atoms with Crippen molar-refractivity contribution in [1.29, 1.82) is 0 Å². The zero-order valence-corrected chi connectivity index (χ0v) is 21.4. The molecule has 0 bridgehead atoms. The summed E-state index contributed by atoms with van der Waals surface area (Å²) < 4.78 is 44.0. The molecule has 0 unspecified atom stereocenters. The van der Waals surface area contributed by atoms with Crippen LogP contribution in [-0.2, 0) is 17.4 Å². The second-order valence-corrected chi connectivity index (χ2v) is 9.50. The maximum absolute atomic E-state index is 13.4.